The number of carbonyl (C=O) groups is 1. The SMILES string of the molecule is COc1ccc(NC(=S)NNC(=O)COc2cccc(F)c2)cc1OC. The van der Waals surface area contributed by atoms with Crippen LogP contribution in [0.3, 0.4) is 0 Å². The topological polar surface area (TPSA) is 80.9 Å². The maximum atomic E-state index is 13.0. The van der Waals surface area contributed by atoms with Gasteiger partial charge in [-0.2, -0.15) is 0 Å². The standard InChI is InChI=1S/C17H18FN3O4S/c1-23-14-7-6-12(9-15(14)24-2)19-17(26)21-20-16(22)10-25-13-5-3-4-11(18)8-13/h3-9H,10H2,1-2H3,(H,20,22)(H2,19,21,26). The highest BCUT2D eigenvalue weighted by molar-refractivity contribution is 7.80. The fourth-order valence-corrected chi connectivity index (χ4v) is 2.11. The number of benzene rings is 2. The molecule has 0 radical (unpaired) electrons. The molecule has 0 saturated heterocycles. The number of anilines is 1. The summed E-state index contributed by atoms with van der Waals surface area (Å²) in [6.07, 6.45) is 0. The van der Waals surface area contributed by atoms with Crippen LogP contribution in [0.25, 0.3) is 0 Å². The molecule has 0 spiro atoms. The lowest BCUT2D eigenvalue weighted by atomic mass is 10.3. The van der Waals surface area contributed by atoms with Gasteiger partial charge in [-0.05, 0) is 36.5 Å². The van der Waals surface area contributed by atoms with Crippen LogP contribution in [0.15, 0.2) is 42.5 Å². The minimum Gasteiger partial charge on any atom is -0.493 e. The number of carbonyl (C=O) groups excluding carboxylic acids is 1. The Bertz CT molecular complexity index is 788. The normalized spacial score (nSPS) is 9.81. The van der Waals surface area contributed by atoms with Crippen molar-refractivity contribution >= 4 is 28.9 Å². The van der Waals surface area contributed by atoms with E-state index in [0.717, 1.165) is 0 Å². The first-order chi connectivity index (χ1) is 12.5. The van der Waals surface area contributed by atoms with Crippen LogP contribution < -0.4 is 30.4 Å². The van der Waals surface area contributed by atoms with Crippen LogP contribution >= 0.6 is 12.2 Å². The van der Waals surface area contributed by atoms with Gasteiger partial charge in [0.1, 0.15) is 11.6 Å². The number of hydrogen-bond acceptors (Lipinski definition) is 5. The number of amides is 1. The van der Waals surface area contributed by atoms with E-state index in [1.165, 1.54) is 25.3 Å². The Kier molecular flexibility index (Phi) is 6.98. The van der Waals surface area contributed by atoms with Crippen LogP contribution in [-0.2, 0) is 4.79 Å². The van der Waals surface area contributed by atoms with Gasteiger partial charge in [0.05, 0.1) is 14.2 Å². The van der Waals surface area contributed by atoms with Gasteiger partial charge in [0.15, 0.2) is 23.2 Å². The number of hydrazine groups is 1. The number of methoxy groups -OCH3 is 2. The number of ether oxygens (including phenoxy) is 3. The maximum absolute atomic E-state index is 13.0. The largest absolute Gasteiger partial charge is 0.493 e. The number of nitrogens with one attached hydrogen (secondary N) is 3. The molecule has 0 aliphatic carbocycles. The van der Waals surface area contributed by atoms with E-state index in [1.807, 2.05) is 0 Å². The molecule has 0 aromatic heterocycles. The van der Waals surface area contributed by atoms with Crippen molar-refractivity contribution in [2.24, 2.45) is 0 Å². The highest BCUT2D eigenvalue weighted by Gasteiger charge is 2.07. The second kappa shape index (κ2) is 9.42. The lowest BCUT2D eigenvalue weighted by Crippen LogP contribution is -2.45. The molecule has 0 saturated carbocycles. The van der Waals surface area contributed by atoms with E-state index >= 15 is 0 Å². The van der Waals surface area contributed by atoms with Crippen molar-refractivity contribution in [3.05, 3.63) is 48.3 Å². The first-order valence-corrected chi connectivity index (χ1v) is 7.89. The molecule has 2 rings (SSSR count). The molecule has 26 heavy (non-hydrogen) atoms. The van der Waals surface area contributed by atoms with Gasteiger partial charge in [0.2, 0.25) is 0 Å². The van der Waals surface area contributed by atoms with Crippen LogP contribution in [0.2, 0.25) is 0 Å². The summed E-state index contributed by atoms with van der Waals surface area (Å²) < 4.78 is 28.5. The van der Waals surface area contributed by atoms with E-state index in [9.17, 15) is 9.18 Å². The minimum atomic E-state index is -0.481. The summed E-state index contributed by atoms with van der Waals surface area (Å²) in [5.41, 5.74) is 5.55. The molecule has 0 aliphatic heterocycles. The lowest BCUT2D eigenvalue weighted by molar-refractivity contribution is -0.123. The zero-order chi connectivity index (χ0) is 18.9. The van der Waals surface area contributed by atoms with Crippen molar-refractivity contribution in [3.63, 3.8) is 0 Å². The minimum absolute atomic E-state index is 0.163. The highest BCUT2D eigenvalue weighted by atomic mass is 32.1. The molecule has 2 aromatic carbocycles. The third kappa shape index (κ3) is 5.78. The molecule has 3 N–H and O–H groups in total. The van der Waals surface area contributed by atoms with E-state index in [0.29, 0.717) is 17.2 Å². The first-order valence-electron chi connectivity index (χ1n) is 7.48. The van der Waals surface area contributed by atoms with Gasteiger partial charge in [-0.1, -0.05) is 6.07 Å². The Morgan fingerprint density at radius 1 is 1.08 bits per heavy atom. The fourth-order valence-electron chi connectivity index (χ4n) is 1.94. The number of thiocarbonyl (C=S) groups is 1. The third-order valence-electron chi connectivity index (χ3n) is 3.12. The molecule has 1 amide bonds. The molecule has 0 fully saturated rings. The van der Waals surface area contributed by atoms with E-state index < -0.39 is 11.7 Å². The Balaban J connectivity index is 1.78. The summed E-state index contributed by atoms with van der Waals surface area (Å²) in [7, 11) is 3.07. The van der Waals surface area contributed by atoms with Crippen molar-refractivity contribution in [2.45, 2.75) is 0 Å². The monoisotopic (exact) mass is 379 g/mol. The van der Waals surface area contributed by atoms with Gasteiger partial charge < -0.3 is 19.5 Å². The summed E-state index contributed by atoms with van der Waals surface area (Å²) in [4.78, 5) is 11.7. The summed E-state index contributed by atoms with van der Waals surface area (Å²) in [5, 5.41) is 3.05. The summed E-state index contributed by atoms with van der Waals surface area (Å²) in [6.45, 7) is -0.296. The van der Waals surface area contributed by atoms with Crippen molar-refractivity contribution in [2.75, 3.05) is 26.1 Å². The van der Waals surface area contributed by atoms with Gasteiger partial charge in [-0.15, -0.1) is 0 Å². The molecule has 0 heterocycles. The summed E-state index contributed by atoms with van der Waals surface area (Å²) in [6, 6.07) is 10.7. The number of rotatable bonds is 6. The second-order valence-electron chi connectivity index (χ2n) is 4.94. The van der Waals surface area contributed by atoms with Crippen LogP contribution in [0.1, 0.15) is 0 Å². The fraction of sp³-hybridized carbons (Fsp3) is 0.176. The van der Waals surface area contributed by atoms with Crippen LogP contribution in [-0.4, -0.2) is 31.8 Å². The van der Waals surface area contributed by atoms with Crippen LogP contribution in [0, 0.1) is 5.82 Å². The van der Waals surface area contributed by atoms with E-state index in [-0.39, 0.29) is 17.5 Å². The zero-order valence-corrected chi connectivity index (χ0v) is 15.0. The van der Waals surface area contributed by atoms with Crippen molar-refractivity contribution < 1.29 is 23.4 Å². The van der Waals surface area contributed by atoms with Gasteiger partial charge in [-0.25, -0.2) is 4.39 Å². The van der Waals surface area contributed by atoms with E-state index in [1.54, 1.807) is 31.4 Å². The van der Waals surface area contributed by atoms with E-state index in [2.05, 4.69) is 16.2 Å². The van der Waals surface area contributed by atoms with Crippen molar-refractivity contribution in [1.29, 1.82) is 0 Å². The van der Waals surface area contributed by atoms with Gasteiger partial charge in [0.25, 0.3) is 5.91 Å². The quantitative estimate of drug-likeness (QED) is 0.525. The number of hydrogen-bond donors (Lipinski definition) is 3. The molecular formula is C17H18FN3O4S. The molecule has 7 nitrogen and oxygen atoms in total. The van der Waals surface area contributed by atoms with Crippen molar-refractivity contribution in [3.8, 4) is 17.2 Å². The Labute approximate surface area is 155 Å². The molecule has 9 heteroatoms. The summed E-state index contributed by atoms with van der Waals surface area (Å²) in [5.74, 6) is 0.450. The number of halogens is 1. The zero-order valence-electron chi connectivity index (χ0n) is 14.2. The smallest absolute Gasteiger partial charge is 0.276 e. The average Bonchev–Trinajstić information content (AvgIpc) is 2.64. The predicted molar refractivity (Wildman–Crippen MR) is 98.9 cm³/mol. The lowest BCUT2D eigenvalue weighted by Gasteiger charge is -2.14. The Hall–Kier alpha value is -3.07. The van der Waals surface area contributed by atoms with E-state index in [4.69, 9.17) is 26.4 Å². The molecule has 138 valence electrons. The highest BCUT2D eigenvalue weighted by Crippen LogP contribution is 2.29. The van der Waals surface area contributed by atoms with Gasteiger partial charge >= 0.3 is 0 Å². The predicted octanol–water partition coefficient (Wildman–Crippen LogP) is 2.24. The molecule has 0 atom stereocenters. The van der Waals surface area contributed by atoms with Gasteiger partial charge in [-0.3, -0.25) is 15.6 Å². The van der Waals surface area contributed by atoms with Crippen molar-refractivity contribution in [1.82, 2.24) is 10.9 Å². The average molecular weight is 379 g/mol. The second-order valence-corrected chi connectivity index (χ2v) is 5.35. The van der Waals surface area contributed by atoms with Gasteiger partial charge in [0, 0.05) is 17.8 Å². The molecule has 0 unspecified atom stereocenters. The summed E-state index contributed by atoms with van der Waals surface area (Å²) >= 11 is 5.09. The molecule has 0 bridgehead atoms. The Morgan fingerprint density at radius 3 is 2.54 bits per heavy atom. The molecule has 0 aliphatic rings. The maximum Gasteiger partial charge on any atom is 0.276 e. The first kappa shape index (κ1) is 19.3. The van der Waals surface area contributed by atoms with Crippen LogP contribution in [0.5, 0.6) is 17.2 Å². The van der Waals surface area contributed by atoms with Crippen LogP contribution in [0.4, 0.5) is 10.1 Å². The molecular weight excluding hydrogens is 361 g/mol. The third-order valence-corrected chi connectivity index (χ3v) is 3.33. The molecule has 2 aromatic rings. The Morgan fingerprint density at radius 2 is 1.85 bits per heavy atom.